The lowest BCUT2D eigenvalue weighted by atomic mass is 9.96. The maximum absolute atomic E-state index is 12.2. The third kappa shape index (κ3) is 2.86. The van der Waals surface area contributed by atoms with Crippen molar-refractivity contribution in [3.05, 3.63) is 29.8 Å². The van der Waals surface area contributed by atoms with Crippen LogP contribution in [0.2, 0.25) is 0 Å². The molecule has 0 saturated carbocycles. The molecule has 0 bridgehead atoms. The standard InChI is InChI=1S/C14H20N2O/c1-16(2)12-8-6-11(7-9-12)14(17)13-5-3-4-10-15-13/h6-9,13,15H,3-5,10H2,1-2H3. The molecule has 1 aromatic carbocycles. The van der Waals surface area contributed by atoms with E-state index in [1.54, 1.807) is 0 Å². The van der Waals surface area contributed by atoms with Gasteiger partial charge >= 0.3 is 0 Å². The minimum atomic E-state index is 0.0222. The van der Waals surface area contributed by atoms with Crippen molar-refractivity contribution in [3.63, 3.8) is 0 Å². The first-order chi connectivity index (χ1) is 8.18. The van der Waals surface area contributed by atoms with Crippen molar-refractivity contribution in [1.29, 1.82) is 0 Å². The zero-order chi connectivity index (χ0) is 12.3. The number of anilines is 1. The predicted molar refractivity (Wildman–Crippen MR) is 70.7 cm³/mol. The van der Waals surface area contributed by atoms with Crippen LogP contribution in [0.3, 0.4) is 0 Å². The van der Waals surface area contributed by atoms with Gasteiger partial charge in [-0.25, -0.2) is 0 Å². The van der Waals surface area contributed by atoms with Gasteiger partial charge in [0.05, 0.1) is 6.04 Å². The van der Waals surface area contributed by atoms with E-state index in [0.29, 0.717) is 0 Å². The van der Waals surface area contributed by atoms with Crippen LogP contribution in [0.25, 0.3) is 0 Å². The van der Waals surface area contributed by atoms with Gasteiger partial charge in [0.1, 0.15) is 0 Å². The second-order valence-electron chi connectivity index (χ2n) is 4.81. The first kappa shape index (κ1) is 12.1. The summed E-state index contributed by atoms with van der Waals surface area (Å²) in [6.07, 6.45) is 3.30. The Balaban J connectivity index is 2.08. The zero-order valence-electron chi connectivity index (χ0n) is 10.6. The molecule has 0 spiro atoms. The van der Waals surface area contributed by atoms with Gasteiger partial charge in [-0.15, -0.1) is 0 Å². The quantitative estimate of drug-likeness (QED) is 0.810. The van der Waals surface area contributed by atoms with Crippen LogP contribution in [0.15, 0.2) is 24.3 Å². The normalized spacial score (nSPS) is 20.0. The van der Waals surface area contributed by atoms with Crippen LogP contribution < -0.4 is 10.2 Å². The number of piperidine rings is 1. The fourth-order valence-corrected chi connectivity index (χ4v) is 2.20. The lowest BCUT2D eigenvalue weighted by molar-refractivity contribution is 0.0927. The van der Waals surface area contributed by atoms with Gasteiger partial charge in [-0.3, -0.25) is 4.79 Å². The zero-order valence-corrected chi connectivity index (χ0v) is 10.6. The number of benzene rings is 1. The number of nitrogens with zero attached hydrogens (tertiary/aromatic N) is 1. The molecule has 0 aliphatic carbocycles. The summed E-state index contributed by atoms with van der Waals surface area (Å²) in [6.45, 7) is 0.964. The number of hydrogen-bond donors (Lipinski definition) is 1. The second kappa shape index (κ2) is 5.32. The highest BCUT2D eigenvalue weighted by Gasteiger charge is 2.21. The van der Waals surface area contributed by atoms with Crippen molar-refractivity contribution in [3.8, 4) is 0 Å². The molecule has 1 heterocycles. The van der Waals surface area contributed by atoms with E-state index in [4.69, 9.17) is 0 Å². The van der Waals surface area contributed by atoms with Crippen molar-refractivity contribution in [2.75, 3.05) is 25.5 Å². The molecular weight excluding hydrogens is 212 g/mol. The van der Waals surface area contributed by atoms with Crippen molar-refractivity contribution in [2.24, 2.45) is 0 Å². The summed E-state index contributed by atoms with van der Waals surface area (Å²) in [7, 11) is 4.00. The molecule has 1 aromatic rings. The van der Waals surface area contributed by atoms with Gasteiger partial charge in [-0.1, -0.05) is 6.42 Å². The molecule has 1 fully saturated rings. The Kier molecular flexibility index (Phi) is 3.79. The molecule has 92 valence electrons. The summed E-state index contributed by atoms with van der Waals surface area (Å²) >= 11 is 0. The van der Waals surface area contributed by atoms with Gasteiger partial charge < -0.3 is 10.2 Å². The van der Waals surface area contributed by atoms with E-state index in [1.165, 1.54) is 6.42 Å². The maximum atomic E-state index is 12.2. The summed E-state index contributed by atoms with van der Waals surface area (Å²) in [5.74, 6) is 0.231. The van der Waals surface area contributed by atoms with Gasteiger partial charge in [-0.05, 0) is 43.7 Å². The van der Waals surface area contributed by atoms with E-state index >= 15 is 0 Å². The van der Waals surface area contributed by atoms with Crippen molar-refractivity contribution >= 4 is 11.5 Å². The monoisotopic (exact) mass is 232 g/mol. The molecule has 2 rings (SSSR count). The fraction of sp³-hybridized carbons (Fsp3) is 0.500. The first-order valence-electron chi connectivity index (χ1n) is 6.23. The van der Waals surface area contributed by atoms with E-state index in [-0.39, 0.29) is 11.8 Å². The highest BCUT2D eigenvalue weighted by atomic mass is 16.1. The van der Waals surface area contributed by atoms with E-state index in [2.05, 4.69) is 5.32 Å². The van der Waals surface area contributed by atoms with Crippen LogP contribution in [0.4, 0.5) is 5.69 Å². The lowest BCUT2D eigenvalue weighted by Gasteiger charge is -2.22. The van der Waals surface area contributed by atoms with Crippen molar-refractivity contribution < 1.29 is 4.79 Å². The highest BCUT2D eigenvalue weighted by molar-refractivity contribution is 6.00. The Hall–Kier alpha value is -1.35. The van der Waals surface area contributed by atoms with Crippen molar-refractivity contribution in [2.45, 2.75) is 25.3 Å². The predicted octanol–water partition coefficient (Wildman–Crippen LogP) is 2.08. The summed E-state index contributed by atoms with van der Waals surface area (Å²) in [6, 6.07) is 7.86. The summed E-state index contributed by atoms with van der Waals surface area (Å²) in [5.41, 5.74) is 1.94. The molecule has 0 aromatic heterocycles. The Bertz CT molecular complexity index is 378. The molecule has 0 radical (unpaired) electrons. The summed E-state index contributed by atoms with van der Waals surface area (Å²) in [5, 5.41) is 3.29. The summed E-state index contributed by atoms with van der Waals surface area (Å²) < 4.78 is 0. The third-order valence-electron chi connectivity index (χ3n) is 3.30. The Morgan fingerprint density at radius 3 is 2.47 bits per heavy atom. The number of carbonyl (C=O) groups excluding carboxylic acids is 1. The number of carbonyl (C=O) groups is 1. The second-order valence-corrected chi connectivity index (χ2v) is 4.81. The number of nitrogens with one attached hydrogen (secondary N) is 1. The number of hydrogen-bond acceptors (Lipinski definition) is 3. The molecule has 1 unspecified atom stereocenters. The fourth-order valence-electron chi connectivity index (χ4n) is 2.20. The molecule has 1 N–H and O–H groups in total. The maximum Gasteiger partial charge on any atom is 0.179 e. The third-order valence-corrected chi connectivity index (χ3v) is 3.30. The molecule has 1 atom stereocenters. The molecular formula is C14H20N2O. The van der Waals surface area contributed by atoms with Crippen LogP contribution in [0.5, 0.6) is 0 Å². The van der Waals surface area contributed by atoms with Gasteiger partial charge in [0.15, 0.2) is 5.78 Å². The van der Waals surface area contributed by atoms with Crippen molar-refractivity contribution in [1.82, 2.24) is 5.32 Å². The molecule has 3 heteroatoms. The van der Waals surface area contributed by atoms with E-state index in [9.17, 15) is 4.79 Å². The minimum absolute atomic E-state index is 0.0222. The average Bonchev–Trinajstić information content (AvgIpc) is 2.39. The van der Waals surface area contributed by atoms with E-state index in [1.807, 2.05) is 43.3 Å². The molecule has 1 aliphatic heterocycles. The first-order valence-corrected chi connectivity index (χ1v) is 6.23. The number of rotatable bonds is 3. The van der Waals surface area contributed by atoms with E-state index in [0.717, 1.165) is 30.6 Å². The SMILES string of the molecule is CN(C)c1ccc(C(=O)C2CCCCN2)cc1. The number of Topliss-reactive ketones (excluding diaryl/α,β-unsaturated/α-hetero) is 1. The topological polar surface area (TPSA) is 32.3 Å². The Morgan fingerprint density at radius 2 is 1.94 bits per heavy atom. The Morgan fingerprint density at radius 1 is 1.24 bits per heavy atom. The van der Waals surface area contributed by atoms with Crippen LogP contribution in [0.1, 0.15) is 29.6 Å². The molecule has 3 nitrogen and oxygen atoms in total. The molecule has 0 amide bonds. The van der Waals surface area contributed by atoms with Crippen LogP contribution in [-0.4, -0.2) is 32.5 Å². The smallest absolute Gasteiger partial charge is 0.179 e. The summed E-state index contributed by atoms with van der Waals surface area (Å²) in [4.78, 5) is 14.2. The van der Waals surface area contributed by atoms with Gasteiger partial charge in [0.2, 0.25) is 0 Å². The van der Waals surface area contributed by atoms with E-state index < -0.39 is 0 Å². The van der Waals surface area contributed by atoms with Crippen LogP contribution >= 0.6 is 0 Å². The number of ketones is 1. The molecule has 17 heavy (non-hydrogen) atoms. The average molecular weight is 232 g/mol. The van der Waals surface area contributed by atoms with Gasteiger partial charge in [0, 0.05) is 25.3 Å². The molecule has 1 aliphatic rings. The highest BCUT2D eigenvalue weighted by Crippen LogP contribution is 2.16. The lowest BCUT2D eigenvalue weighted by Crippen LogP contribution is -2.40. The largest absolute Gasteiger partial charge is 0.378 e. The molecule has 1 saturated heterocycles. The minimum Gasteiger partial charge on any atom is -0.378 e. The van der Waals surface area contributed by atoms with Crippen LogP contribution in [-0.2, 0) is 0 Å². The van der Waals surface area contributed by atoms with Gasteiger partial charge in [0.25, 0.3) is 0 Å². The Labute approximate surface area is 103 Å². The van der Waals surface area contributed by atoms with Crippen LogP contribution in [0, 0.1) is 0 Å². The van der Waals surface area contributed by atoms with Gasteiger partial charge in [-0.2, -0.15) is 0 Å².